The number of rotatable bonds is 13. The van der Waals surface area contributed by atoms with Gasteiger partial charge in [-0.05, 0) is 79.5 Å². The Balaban J connectivity index is 0.000000193. The van der Waals surface area contributed by atoms with E-state index in [0.717, 1.165) is 57.4 Å². The molecule has 2 aromatic heterocycles. The molecule has 0 radical (unpaired) electrons. The van der Waals surface area contributed by atoms with Gasteiger partial charge in [-0.1, -0.05) is 65.0 Å². The van der Waals surface area contributed by atoms with Gasteiger partial charge < -0.3 is 9.84 Å². The lowest BCUT2D eigenvalue weighted by atomic mass is 10.1. The number of benzene rings is 3. The van der Waals surface area contributed by atoms with Crippen molar-refractivity contribution in [2.75, 3.05) is 0 Å². The fourth-order valence-corrected chi connectivity index (χ4v) is 4.07. The molecule has 8 heteroatoms. The molecule has 0 unspecified atom stereocenters. The number of aromatic hydroxyl groups is 1. The Morgan fingerprint density at radius 2 is 1.13 bits per heavy atom. The van der Waals surface area contributed by atoms with E-state index in [0.29, 0.717) is 12.4 Å². The van der Waals surface area contributed by atoms with E-state index in [1.807, 2.05) is 52.1 Å². The summed E-state index contributed by atoms with van der Waals surface area (Å²) >= 11 is 0. The number of ether oxygens (including phenoxy) is 1. The molecular formula is C31H36N6O2. The maximum Gasteiger partial charge on any atom is 0.119 e. The van der Waals surface area contributed by atoms with Crippen molar-refractivity contribution in [2.24, 2.45) is 0 Å². The summed E-state index contributed by atoms with van der Waals surface area (Å²) in [5.41, 5.74) is 3.79. The van der Waals surface area contributed by atoms with Crippen LogP contribution in [0.25, 0.3) is 0 Å². The number of hydrogen-bond donors (Lipinski definition) is 1. The number of phenols is 1. The number of unbranched alkanes of at least 4 members (excludes halogenated alkanes) is 2. The lowest BCUT2D eigenvalue weighted by molar-refractivity contribution is 0.306. The molecule has 0 saturated heterocycles. The second-order valence-corrected chi connectivity index (χ2v) is 9.33. The number of phenolic OH excluding ortho intramolecular Hbond substituents is 1. The van der Waals surface area contributed by atoms with Crippen molar-refractivity contribution < 1.29 is 9.84 Å². The maximum atomic E-state index is 9.13. The van der Waals surface area contributed by atoms with Crippen LogP contribution in [0.15, 0.2) is 104 Å². The molecule has 3 aromatic carbocycles. The first-order valence-electron chi connectivity index (χ1n) is 13.5. The second-order valence-electron chi connectivity index (χ2n) is 9.33. The molecule has 8 nitrogen and oxygen atoms in total. The normalized spacial score (nSPS) is 10.6. The molecule has 5 aromatic rings. The van der Waals surface area contributed by atoms with Crippen LogP contribution in [-0.2, 0) is 32.5 Å². The van der Waals surface area contributed by atoms with E-state index in [-0.39, 0.29) is 0 Å². The highest BCUT2D eigenvalue weighted by Crippen LogP contribution is 2.16. The minimum absolute atomic E-state index is 0.325. The van der Waals surface area contributed by atoms with Gasteiger partial charge in [-0.15, -0.1) is 10.2 Å². The van der Waals surface area contributed by atoms with Crippen LogP contribution in [0.1, 0.15) is 42.4 Å². The molecule has 0 spiro atoms. The third-order valence-corrected chi connectivity index (χ3v) is 6.26. The quantitative estimate of drug-likeness (QED) is 0.193. The zero-order chi connectivity index (χ0) is 27.0. The molecule has 202 valence electrons. The van der Waals surface area contributed by atoms with E-state index in [1.54, 1.807) is 24.5 Å². The summed E-state index contributed by atoms with van der Waals surface area (Å²) in [5.74, 6) is 1.24. The van der Waals surface area contributed by atoms with Gasteiger partial charge in [-0.25, -0.2) is 0 Å². The molecular weight excluding hydrogens is 488 g/mol. The van der Waals surface area contributed by atoms with Crippen LogP contribution in [0.3, 0.4) is 0 Å². The molecule has 0 saturated carbocycles. The highest BCUT2D eigenvalue weighted by atomic mass is 16.5. The molecule has 0 atom stereocenters. The van der Waals surface area contributed by atoms with Crippen molar-refractivity contribution in [3.8, 4) is 11.5 Å². The summed E-state index contributed by atoms with van der Waals surface area (Å²) in [6.45, 7) is 2.45. The van der Waals surface area contributed by atoms with Gasteiger partial charge in [0.15, 0.2) is 0 Å². The SMILES string of the molecule is Oc1ccc(CCCCn2ccnn2)cc1.c1ccc(COc2ccc(CCCCn3ccnn3)cc2)cc1. The predicted octanol–water partition coefficient (Wildman–Crippen LogP) is 5.89. The minimum Gasteiger partial charge on any atom is -0.508 e. The van der Waals surface area contributed by atoms with Gasteiger partial charge in [0, 0.05) is 25.5 Å². The molecule has 0 amide bonds. The third-order valence-electron chi connectivity index (χ3n) is 6.26. The molecule has 0 aliphatic heterocycles. The van der Waals surface area contributed by atoms with E-state index in [2.05, 4.69) is 57.0 Å². The summed E-state index contributed by atoms with van der Waals surface area (Å²) in [6.07, 6.45) is 13.8. The smallest absolute Gasteiger partial charge is 0.119 e. The van der Waals surface area contributed by atoms with Gasteiger partial charge in [0.05, 0.1) is 12.4 Å². The van der Waals surface area contributed by atoms with Crippen molar-refractivity contribution in [2.45, 2.75) is 58.2 Å². The fourth-order valence-electron chi connectivity index (χ4n) is 4.07. The first-order chi connectivity index (χ1) is 19.2. The Kier molecular flexibility index (Phi) is 11.1. The van der Waals surface area contributed by atoms with Crippen molar-refractivity contribution in [1.82, 2.24) is 30.0 Å². The summed E-state index contributed by atoms with van der Waals surface area (Å²) in [6, 6.07) is 26.0. The summed E-state index contributed by atoms with van der Waals surface area (Å²) in [5, 5.41) is 24.6. The first kappa shape index (κ1) is 27.6. The molecule has 0 bridgehead atoms. The van der Waals surface area contributed by atoms with Gasteiger partial charge in [-0.3, -0.25) is 9.36 Å². The first-order valence-corrected chi connectivity index (χ1v) is 13.5. The average molecular weight is 525 g/mol. The molecule has 5 rings (SSSR count). The molecule has 0 fully saturated rings. The highest BCUT2D eigenvalue weighted by Gasteiger charge is 1.99. The standard InChI is InChI=1S/C19H21N3O.C12H15N3O/c1-2-7-18(8-3-1)16-23-19-11-9-17(10-12-19)6-4-5-14-22-15-13-20-21-22;16-12-6-4-11(5-7-12)3-1-2-9-15-10-8-13-14-15/h1-3,7-13,15H,4-6,14,16H2;4-8,10,16H,1-3,9H2. The van der Waals surface area contributed by atoms with Gasteiger partial charge >= 0.3 is 0 Å². The van der Waals surface area contributed by atoms with Crippen LogP contribution < -0.4 is 4.74 Å². The van der Waals surface area contributed by atoms with Crippen molar-refractivity contribution in [3.05, 3.63) is 120 Å². The lowest BCUT2D eigenvalue weighted by Crippen LogP contribution is -1.99. The van der Waals surface area contributed by atoms with E-state index in [4.69, 9.17) is 9.84 Å². The minimum atomic E-state index is 0.325. The zero-order valence-corrected chi connectivity index (χ0v) is 22.2. The summed E-state index contributed by atoms with van der Waals surface area (Å²) in [7, 11) is 0. The van der Waals surface area contributed by atoms with E-state index in [9.17, 15) is 0 Å². The van der Waals surface area contributed by atoms with Crippen molar-refractivity contribution in [1.29, 1.82) is 0 Å². The summed E-state index contributed by atoms with van der Waals surface area (Å²) in [4.78, 5) is 0. The van der Waals surface area contributed by atoms with Crippen LogP contribution in [0.2, 0.25) is 0 Å². The fraction of sp³-hybridized carbons (Fsp3) is 0.290. The van der Waals surface area contributed by atoms with Gasteiger partial charge in [-0.2, -0.15) is 0 Å². The van der Waals surface area contributed by atoms with Crippen LogP contribution in [0.5, 0.6) is 11.5 Å². The number of aryl methyl sites for hydroxylation is 4. The number of nitrogens with zero attached hydrogens (tertiary/aromatic N) is 6. The average Bonchev–Trinajstić information content (AvgIpc) is 3.70. The van der Waals surface area contributed by atoms with Crippen LogP contribution >= 0.6 is 0 Å². The molecule has 0 aliphatic carbocycles. The largest absolute Gasteiger partial charge is 0.508 e. The lowest BCUT2D eigenvalue weighted by Gasteiger charge is -2.07. The zero-order valence-electron chi connectivity index (χ0n) is 22.2. The molecule has 0 aliphatic rings. The maximum absolute atomic E-state index is 9.13. The Morgan fingerprint density at radius 3 is 1.64 bits per heavy atom. The van der Waals surface area contributed by atoms with Crippen LogP contribution in [0, 0.1) is 0 Å². The highest BCUT2D eigenvalue weighted by molar-refractivity contribution is 5.28. The van der Waals surface area contributed by atoms with Gasteiger partial charge in [0.2, 0.25) is 0 Å². The number of aromatic nitrogens is 6. The molecule has 1 N–H and O–H groups in total. The Morgan fingerprint density at radius 1 is 0.590 bits per heavy atom. The number of hydrogen-bond acceptors (Lipinski definition) is 6. The van der Waals surface area contributed by atoms with Gasteiger partial charge in [0.1, 0.15) is 18.1 Å². The van der Waals surface area contributed by atoms with Gasteiger partial charge in [0.25, 0.3) is 0 Å². The predicted molar refractivity (Wildman–Crippen MR) is 151 cm³/mol. The Bertz CT molecular complexity index is 1290. The Labute approximate surface area is 229 Å². The Hall–Kier alpha value is -4.46. The third kappa shape index (κ3) is 10.4. The molecule has 2 heterocycles. The monoisotopic (exact) mass is 524 g/mol. The topological polar surface area (TPSA) is 90.9 Å². The van der Waals surface area contributed by atoms with Crippen molar-refractivity contribution >= 4 is 0 Å². The second kappa shape index (κ2) is 15.7. The van der Waals surface area contributed by atoms with E-state index >= 15 is 0 Å². The molecule has 39 heavy (non-hydrogen) atoms. The van der Waals surface area contributed by atoms with E-state index < -0.39 is 0 Å². The summed E-state index contributed by atoms with van der Waals surface area (Å²) < 4.78 is 9.52. The van der Waals surface area contributed by atoms with Crippen molar-refractivity contribution in [3.63, 3.8) is 0 Å². The van der Waals surface area contributed by atoms with E-state index in [1.165, 1.54) is 16.7 Å². The van der Waals surface area contributed by atoms with Crippen LogP contribution in [0.4, 0.5) is 0 Å². The van der Waals surface area contributed by atoms with Crippen LogP contribution in [-0.4, -0.2) is 35.1 Å².